The normalized spacial score (nSPS) is 17.8. The van der Waals surface area contributed by atoms with Crippen molar-refractivity contribution in [2.45, 2.75) is 12.5 Å². The van der Waals surface area contributed by atoms with Crippen LogP contribution in [-0.2, 0) is 6.42 Å². The van der Waals surface area contributed by atoms with Gasteiger partial charge in [-0.2, -0.15) is 0 Å². The van der Waals surface area contributed by atoms with Gasteiger partial charge in [-0.1, -0.05) is 12.1 Å². The highest BCUT2D eigenvalue weighted by Gasteiger charge is 2.20. The third-order valence-corrected chi connectivity index (χ3v) is 3.06. The monoisotopic (exact) mass is 250 g/mol. The standard InChI is InChI=1S/C13H12F2N2O/c14-10-3-1-2-8(13(10)15)4-9-5-16-11-6-18-7-12(11)17-9/h1-3,6-7,9,16-17H,4-5H2. The van der Waals surface area contributed by atoms with E-state index in [1.807, 2.05) is 0 Å². The Morgan fingerprint density at radius 2 is 2.06 bits per heavy atom. The quantitative estimate of drug-likeness (QED) is 0.860. The fourth-order valence-corrected chi connectivity index (χ4v) is 2.14. The van der Waals surface area contributed by atoms with Crippen LogP contribution in [0.2, 0.25) is 0 Å². The van der Waals surface area contributed by atoms with E-state index in [9.17, 15) is 8.78 Å². The van der Waals surface area contributed by atoms with Gasteiger partial charge in [0.15, 0.2) is 11.6 Å². The van der Waals surface area contributed by atoms with Gasteiger partial charge in [0.25, 0.3) is 0 Å². The van der Waals surface area contributed by atoms with Crippen LogP contribution in [0.25, 0.3) is 0 Å². The van der Waals surface area contributed by atoms with Gasteiger partial charge < -0.3 is 15.1 Å². The number of nitrogens with one attached hydrogen (secondary N) is 2. The highest BCUT2D eigenvalue weighted by molar-refractivity contribution is 5.69. The molecule has 3 nitrogen and oxygen atoms in total. The molecule has 0 spiro atoms. The molecule has 0 bridgehead atoms. The first-order valence-corrected chi connectivity index (χ1v) is 5.73. The van der Waals surface area contributed by atoms with Gasteiger partial charge in [0.05, 0.1) is 11.4 Å². The summed E-state index contributed by atoms with van der Waals surface area (Å²) in [4.78, 5) is 0. The number of rotatable bonds is 2. The lowest BCUT2D eigenvalue weighted by Gasteiger charge is -2.25. The Hall–Kier alpha value is -2.04. The van der Waals surface area contributed by atoms with Gasteiger partial charge in [-0.15, -0.1) is 0 Å². The van der Waals surface area contributed by atoms with Gasteiger partial charge in [0, 0.05) is 12.6 Å². The number of hydrogen-bond acceptors (Lipinski definition) is 3. The summed E-state index contributed by atoms with van der Waals surface area (Å²) < 4.78 is 31.7. The van der Waals surface area contributed by atoms with Gasteiger partial charge in [0.1, 0.15) is 12.5 Å². The Morgan fingerprint density at radius 3 is 2.94 bits per heavy atom. The Bertz CT molecular complexity index is 568. The number of halogens is 2. The molecule has 1 atom stereocenters. The summed E-state index contributed by atoms with van der Waals surface area (Å²) in [7, 11) is 0. The summed E-state index contributed by atoms with van der Waals surface area (Å²) in [6.07, 6.45) is 3.62. The van der Waals surface area contributed by atoms with E-state index in [0.29, 0.717) is 18.5 Å². The van der Waals surface area contributed by atoms with Crippen molar-refractivity contribution in [3.05, 3.63) is 47.9 Å². The van der Waals surface area contributed by atoms with Crippen LogP contribution in [0.1, 0.15) is 5.56 Å². The molecule has 18 heavy (non-hydrogen) atoms. The van der Waals surface area contributed by atoms with E-state index >= 15 is 0 Å². The average molecular weight is 250 g/mol. The molecular formula is C13H12F2N2O. The molecule has 0 amide bonds. The molecule has 0 radical (unpaired) electrons. The summed E-state index contributed by atoms with van der Waals surface area (Å²) in [5.74, 6) is -1.57. The molecule has 1 unspecified atom stereocenters. The molecule has 3 rings (SSSR count). The van der Waals surface area contributed by atoms with Gasteiger partial charge in [-0.3, -0.25) is 0 Å². The fraction of sp³-hybridized carbons (Fsp3) is 0.231. The SMILES string of the molecule is Fc1cccc(CC2CNc3cocc3N2)c1F. The predicted molar refractivity (Wildman–Crippen MR) is 64.7 cm³/mol. The second-order valence-corrected chi connectivity index (χ2v) is 4.34. The predicted octanol–water partition coefficient (Wildman–Crippen LogP) is 3.01. The van der Waals surface area contributed by atoms with Crippen LogP contribution in [-0.4, -0.2) is 12.6 Å². The van der Waals surface area contributed by atoms with Crippen molar-refractivity contribution in [3.63, 3.8) is 0 Å². The highest BCUT2D eigenvalue weighted by atomic mass is 19.2. The van der Waals surface area contributed by atoms with E-state index in [1.165, 1.54) is 6.07 Å². The average Bonchev–Trinajstić information content (AvgIpc) is 2.82. The number of benzene rings is 1. The first-order chi connectivity index (χ1) is 8.74. The largest absolute Gasteiger partial charge is 0.468 e. The molecule has 2 heterocycles. The van der Waals surface area contributed by atoms with E-state index in [0.717, 1.165) is 17.4 Å². The van der Waals surface area contributed by atoms with Crippen LogP contribution in [0.15, 0.2) is 35.1 Å². The molecule has 5 heteroatoms. The van der Waals surface area contributed by atoms with Crippen LogP contribution in [0.3, 0.4) is 0 Å². The summed E-state index contributed by atoms with van der Waals surface area (Å²) in [6, 6.07) is 4.25. The van der Waals surface area contributed by atoms with Gasteiger partial charge >= 0.3 is 0 Å². The lowest BCUT2D eigenvalue weighted by atomic mass is 10.0. The van der Waals surface area contributed by atoms with Gasteiger partial charge in [0.2, 0.25) is 0 Å². The van der Waals surface area contributed by atoms with Crippen molar-refractivity contribution in [2.24, 2.45) is 0 Å². The smallest absolute Gasteiger partial charge is 0.162 e. The summed E-state index contributed by atoms with van der Waals surface area (Å²) in [6.45, 7) is 0.641. The number of anilines is 2. The molecule has 2 N–H and O–H groups in total. The van der Waals surface area contributed by atoms with Crippen LogP contribution in [0, 0.1) is 11.6 Å². The maximum Gasteiger partial charge on any atom is 0.162 e. The molecule has 0 aliphatic carbocycles. The first-order valence-electron chi connectivity index (χ1n) is 5.73. The molecule has 1 aromatic heterocycles. The molecule has 1 aromatic carbocycles. The summed E-state index contributed by atoms with van der Waals surface area (Å²) in [5, 5.41) is 6.40. The zero-order valence-electron chi connectivity index (χ0n) is 9.54. The first kappa shape index (κ1) is 11.1. The van der Waals surface area contributed by atoms with E-state index in [1.54, 1.807) is 18.6 Å². The van der Waals surface area contributed by atoms with Crippen LogP contribution in [0.5, 0.6) is 0 Å². The zero-order chi connectivity index (χ0) is 12.5. The zero-order valence-corrected chi connectivity index (χ0v) is 9.54. The molecule has 2 aromatic rings. The molecule has 0 saturated carbocycles. The molecular weight excluding hydrogens is 238 g/mol. The maximum atomic E-state index is 13.6. The molecule has 1 aliphatic heterocycles. The minimum Gasteiger partial charge on any atom is -0.468 e. The number of furan rings is 1. The van der Waals surface area contributed by atoms with Crippen molar-refractivity contribution >= 4 is 11.4 Å². The fourth-order valence-electron chi connectivity index (χ4n) is 2.14. The van der Waals surface area contributed by atoms with Crippen molar-refractivity contribution in [2.75, 3.05) is 17.2 Å². The molecule has 0 saturated heterocycles. The van der Waals surface area contributed by atoms with E-state index in [2.05, 4.69) is 10.6 Å². The van der Waals surface area contributed by atoms with Crippen LogP contribution < -0.4 is 10.6 Å². The second kappa shape index (κ2) is 4.33. The number of hydrogen-bond donors (Lipinski definition) is 2. The van der Waals surface area contributed by atoms with Gasteiger partial charge in [-0.25, -0.2) is 8.78 Å². The minimum absolute atomic E-state index is 0.00593. The highest BCUT2D eigenvalue weighted by Crippen LogP contribution is 2.28. The third-order valence-electron chi connectivity index (χ3n) is 3.06. The number of fused-ring (bicyclic) bond motifs is 1. The Morgan fingerprint density at radius 1 is 1.22 bits per heavy atom. The van der Waals surface area contributed by atoms with Crippen molar-refractivity contribution in [1.29, 1.82) is 0 Å². The minimum atomic E-state index is -0.805. The summed E-state index contributed by atoms with van der Waals surface area (Å²) >= 11 is 0. The van der Waals surface area contributed by atoms with Gasteiger partial charge in [-0.05, 0) is 18.1 Å². The summed E-state index contributed by atoms with van der Waals surface area (Å²) in [5.41, 5.74) is 2.12. The van der Waals surface area contributed by atoms with E-state index in [4.69, 9.17) is 4.42 Å². The Kier molecular flexibility index (Phi) is 2.66. The Balaban J connectivity index is 1.77. The van der Waals surface area contributed by atoms with Crippen molar-refractivity contribution < 1.29 is 13.2 Å². The molecule has 1 aliphatic rings. The second-order valence-electron chi connectivity index (χ2n) is 4.34. The lowest BCUT2D eigenvalue weighted by molar-refractivity contribution is 0.495. The molecule has 94 valence electrons. The molecule has 0 fully saturated rings. The lowest BCUT2D eigenvalue weighted by Crippen LogP contribution is -2.34. The van der Waals surface area contributed by atoms with Crippen LogP contribution >= 0.6 is 0 Å². The van der Waals surface area contributed by atoms with Crippen molar-refractivity contribution in [3.8, 4) is 0 Å². The topological polar surface area (TPSA) is 37.2 Å². The maximum absolute atomic E-state index is 13.6. The van der Waals surface area contributed by atoms with E-state index in [-0.39, 0.29) is 6.04 Å². The van der Waals surface area contributed by atoms with Crippen molar-refractivity contribution in [1.82, 2.24) is 0 Å². The van der Waals surface area contributed by atoms with Crippen LogP contribution in [0.4, 0.5) is 20.2 Å². The third kappa shape index (κ3) is 1.92. The van der Waals surface area contributed by atoms with E-state index < -0.39 is 11.6 Å². The Labute approximate surface area is 103 Å².